The summed E-state index contributed by atoms with van der Waals surface area (Å²) in [7, 11) is 1.62. The van der Waals surface area contributed by atoms with Crippen molar-refractivity contribution in [2.45, 2.75) is 6.54 Å². The molecule has 0 saturated heterocycles. The van der Waals surface area contributed by atoms with Crippen LogP contribution in [0.3, 0.4) is 0 Å². The highest BCUT2D eigenvalue weighted by Gasteiger charge is 2.27. The van der Waals surface area contributed by atoms with Crippen LogP contribution in [0.15, 0.2) is 12.3 Å². The van der Waals surface area contributed by atoms with Gasteiger partial charge >= 0.3 is 0 Å². The van der Waals surface area contributed by atoms with Crippen molar-refractivity contribution in [3.05, 3.63) is 28.5 Å². The van der Waals surface area contributed by atoms with E-state index in [2.05, 4.69) is 4.98 Å². The predicted octanol–water partition coefficient (Wildman–Crippen LogP) is 1.34. The molecule has 0 spiro atoms. The average molecular weight is 227 g/mol. The number of hydrogen-bond donors (Lipinski definition) is 0. The molecule has 1 aliphatic heterocycles. The number of aromatic nitrogens is 1. The normalized spacial score (nSPS) is 14.5. The Bertz CT molecular complexity index is 395. The van der Waals surface area contributed by atoms with Crippen LogP contribution in [0.2, 0.25) is 5.15 Å². The van der Waals surface area contributed by atoms with Gasteiger partial charge in [0.2, 0.25) is 0 Å². The van der Waals surface area contributed by atoms with E-state index in [0.29, 0.717) is 30.4 Å². The summed E-state index contributed by atoms with van der Waals surface area (Å²) in [6.07, 6.45) is 1.53. The summed E-state index contributed by atoms with van der Waals surface area (Å²) in [5, 5.41) is 0.426. The van der Waals surface area contributed by atoms with Gasteiger partial charge in [-0.05, 0) is 11.6 Å². The van der Waals surface area contributed by atoms with E-state index in [9.17, 15) is 4.79 Å². The van der Waals surface area contributed by atoms with Crippen LogP contribution in [-0.2, 0) is 11.3 Å². The second kappa shape index (κ2) is 4.16. The molecule has 4 nitrogen and oxygen atoms in total. The van der Waals surface area contributed by atoms with E-state index < -0.39 is 0 Å². The fourth-order valence-corrected chi connectivity index (χ4v) is 1.80. The van der Waals surface area contributed by atoms with Crippen molar-refractivity contribution in [3.8, 4) is 0 Å². The van der Waals surface area contributed by atoms with Gasteiger partial charge in [0.05, 0.1) is 12.2 Å². The molecular weight excluding hydrogens is 216 g/mol. The van der Waals surface area contributed by atoms with Gasteiger partial charge < -0.3 is 9.64 Å². The van der Waals surface area contributed by atoms with Crippen molar-refractivity contribution in [1.82, 2.24) is 9.88 Å². The second-order valence-electron chi connectivity index (χ2n) is 3.38. The zero-order chi connectivity index (χ0) is 10.8. The molecule has 1 amide bonds. The van der Waals surface area contributed by atoms with Gasteiger partial charge in [-0.2, -0.15) is 0 Å². The van der Waals surface area contributed by atoms with E-state index in [1.165, 1.54) is 6.20 Å². The number of halogens is 1. The summed E-state index contributed by atoms with van der Waals surface area (Å²) in [5.41, 5.74) is 1.59. The molecule has 1 aromatic rings. The number of amides is 1. The zero-order valence-electron chi connectivity index (χ0n) is 8.36. The third kappa shape index (κ3) is 1.96. The van der Waals surface area contributed by atoms with E-state index in [0.717, 1.165) is 5.56 Å². The maximum atomic E-state index is 11.8. The highest BCUT2D eigenvalue weighted by atomic mass is 35.5. The topological polar surface area (TPSA) is 42.4 Å². The molecule has 0 N–H and O–H groups in total. The first-order chi connectivity index (χ1) is 7.22. The van der Waals surface area contributed by atoms with Gasteiger partial charge in [-0.3, -0.25) is 4.79 Å². The van der Waals surface area contributed by atoms with Crippen LogP contribution >= 0.6 is 11.6 Å². The van der Waals surface area contributed by atoms with Crippen LogP contribution in [-0.4, -0.2) is 36.1 Å². The number of rotatable bonds is 3. The van der Waals surface area contributed by atoms with E-state index in [4.69, 9.17) is 16.3 Å². The molecule has 0 atom stereocenters. The molecule has 0 saturated carbocycles. The van der Waals surface area contributed by atoms with Crippen molar-refractivity contribution >= 4 is 17.5 Å². The smallest absolute Gasteiger partial charge is 0.256 e. The molecule has 2 rings (SSSR count). The molecule has 1 aliphatic rings. The van der Waals surface area contributed by atoms with E-state index >= 15 is 0 Å². The fourth-order valence-electron chi connectivity index (χ4n) is 1.62. The maximum absolute atomic E-state index is 11.8. The number of fused-ring (bicyclic) bond motifs is 1. The Labute approximate surface area is 92.8 Å². The summed E-state index contributed by atoms with van der Waals surface area (Å²) in [4.78, 5) is 17.4. The number of nitrogens with zero attached hydrogens (tertiary/aromatic N) is 2. The molecule has 0 radical (unpaired) electrons. The number of ether oxygens (including phenoxy) is 1. The zero-order valence-corrected chi connectivity index (χ0v) is 9.12. The minimum atomic E-state index is 0.00576. The number of methoxy groups -OCH3 is 1. The first-order valence-electron chi connectivity index (χ1n) is 4.65. The van der Waals surface area contributed by atoms with E-state index in [1.54, 1.807) is 18.1 Å². The van der Waals surface area contributed by atoms with Crippen LogP contribution in [0.4, 0.5) is 0 Å². The standard InChI is InChI=1S/C10H11ClN2O2/c1-15-3-2-13-6-7-4-9(11)12-5-8(7)10(13)14/h4-5H,2-3,6H2,1H3. The molecular formula is C10H11ClN2O2. The lowest BCUT2D eigenvalue weighted by Crippen LogP contribution is -2.27. The Morgan fingerprint density at radius 3 is 3.20 bits per heavy atom. The number of hydrogen-bond acceptors (Lipinski definition) is 3. The average Bonchev–Trinajstić information content (AvgIpc) is 2.52. The van der Waals surface area contributed by atoms with Gasteiger partial charge in [0.1, 0.15) is 5.15 Å². The minimum absolute atomic E-state index is 0.00576. The SMILES string of the molecule is COCCN1Cc2cc(Cl)ncc2C1=O. The first kappa shape index (κ1) is 10.4. The predicted molar refractivity (Wildman–Crippen MR) is 55.9 cm³/mol. The molecule has 15 heavy (non-hydrogen) atoms. The lowest BCUT2D eigenvalue weighted by Gasteiger charge is -2.14. The summed E-state index contributed by atoms with van der Waals surface area (Å²) in [5.74, 6) is 0.00576. The quantitative estimate of drug-likeness (QED) is 0.731. The lowest BCUT2D eigenvalue weighted by atomic mass is 10.2. The fraction of sp³-hybridized carbons (Fsp3) is 0.400. The van der Waals surface area contributed by atoms with Gasteiger partial charge in [0.25, 0.3) is 5.91 Å². The molecule has 0 unspecified atom stereocenters. The third-order valence-electron chi connectivity index (χ3n) is 2.40. The van der Waals surface area contributed by atoms with E-state index in [1.807, 2.05) is 0 Å². The van der Waals surface area contributed by atoms with Gasteiger partial charge in [-0.1, -0.05) is 11.6 Å². The molecule has 0 bridgehead atoms. The first-order valence-corrected chi connectivity index (χ1v) is 5.03. The Morgan fingerprint density at radius 2 is 2.47 bits per heavy atom. The third-order valence-corrected chi connectivity index (χ3v) is 2.61. The van der Waals surface area contributed by atoms with Crippen LogP contribution in [0.25, 0.3) is 0 Å². The maximum Gasteiger partial charge on any atom is 0.256 e. The Morgan fingerprint density at radius 1 is 1.67 bits per heavy atom. The van der Waals surface area contributed by atoms with Gasteiger partial charge in [-0.15, -0.1) is 0 Å². The molecule has 5 heteroatoms. The molecule has 0 fully saturated rings. The Kier molecular flexibility index (Phi) is 2.88. The van der Waals surface area contributed by atoms with Crippen LogP contribution in [0, 0.1) is 0 Å². The minimum Gasteiger partial charge on any atom is -0.383 e. The lowest BCUT2D eigenvalue weighted by molar-refractivity contribution is 0.0719. The molecule has 2 heterocycles. The second-order valence-corrected chi connectivity index (χ2v) is 3.77. The number of carbonyl (C=O) groups is 1. The van der Waals surface area contributed by atoms with Crippen molar-refractivity contribution in [2.24, 2.45) is 0 Å². The van der Waals surface area contributed by atoms with Crippen LogP contribution in [0.1, 0.15) is 15.9 Å². The van der Waals surface area contributed by atoms with Crippen molar-refractivity contribution in [1.29, 1.82) is 0 Å². The van der Waals surface area contributed by atoms with Crippen molar-refractivity contribution in [3.63, 3.8) is 0 Å². The number of pyridine rings is 1. The van der Waals surface area contributed by atoms with Crippen LogP contribution in [0.5, 0.6) is 0 Å². The Hall–Kier alpha value is -1.13. The molecule has 0 aliphatic carbocycles. The molecule has 1 aromatic heterocycles. The molecule has 0 aromatic carbocycles. The van der Waals surface area contributed by atoms with Crippen molar-refractivity contribution < 1.29 is 9.53 Å². The summed E-state index contributed by atoms with van der Waals surface area (Å²) in [6.45, 7) is 1.74. The highest BCUT2D eigenvalue weighted by Crippen LogP contribution is 2.23. The molecule has 80 valence electrons. The summed E-state index contributed by atoms with van der Waals surface area (Å²) in [6, 6.07) is 1.74. The highest BCUT2D eigenvalue weighted by molar-refractivity contribution is 6.29. The monoisotopic (exact) mass is 226 g/mol. The van der Waals surface area contributed by atoms with Gasteiger partial charge in [-0.25, -0.2) is 4.98 Å². The number of carbonyl (C=O) groups excluding carboxylic acids is 1. The summed E-state index contributed by atoms with van der Waals surface area (Å²) < 4.78 is 4.94. The Balaban J connectivity index is 2.18. The van der Waals surface area contributed by atoms with Crippen LogP contribution < -0.4 is 0 Å². The van der Waals surface area contributed by atoms with E-state index in [-0.39, 0.29) is 5.91 Å². The van der Waals surface area contributed by atoms with Gasteiger partial charge in [0.15, 0.2) is 0 Å². The largest absolute Gasteiger partial charge is 0.383 e. The van der Waals surface area contributed by atoms with Gasteiger partial charge in [0, 0.05) is 26.4 Å². The van der Waals surface area contributed by atoms with Crippen molar-refractivity contribution in [2.75, 3.05) is 20.3 Å². The summed E-state index contributed by atoms with van der Waals surface area (Å²) >= 11 is 5.76.